The Morgan fingerprint density at radius 2 is 1.97 bits per heavy atom. The topological polar surface area (TPSA) is 62.3 Å². The number of benzene rings is 2. The minimum Gasteiger partial charge on any atom is -0.497 e. The number of amides is 1. The summed E-state index contributed by atoms with van der Waals surface area (Å²) in [4.78, 5) is 18.8. The standard InChI is InChI=1S/C28H32N4O2/c1-31-15-5-9-26(31)27-10-6-16-32(27)19-28(33)30-17-23(20-11-13-21(34-2)14-12-20)24-18-29-25-8-4-3-7-22(24)25/h3-5,7-9,11-15,18,23,27,29H,6,10,16-17,19H2,1-2H3,(H,30,33). The lowest BCUT2D eigenvalue weighted by Gasteiger charge is -2.25. The number of ether oxygens (including phenoxy) is 1. The number of aromatic amines is 1. The fraction of sp³-hybridized carbons (Fsp3) is 0.321. The summed E-state index contributed by atoms with van der Waals surface area (Å²) in [7, 11) is 3.75. The number of hydrogen-bond acceptors (Lipinski definition) is 3. The van der Waals surface area contributed by atoms with E-state index in [0.29, 0.717) is 19.1 Å². The van der Waals surface area contributed by atoms with Crippen molar-refractivity contribution in [2.45, 2.75) is 24.8 Å². The third-order valence-electron chi connectivity index (χ3n) is 7.05. The number of para-hydroxylation sites is 1. The quantitative estimate of drug-likeness (QED) is 0.407. The first kappa shape index (κ1) is 22.3. The fourth-order valence-corrected chi connectivity index (χ4v) is 5.25. The number of hydrogen-bond donors (Lipinski definition) is 2. The highest BCUT2D eigenvalue weighted by Crippen LogP contribution is 2.33. The maximum Gasteiger partial charge on any atom is 0.234 e. The van der Waals surface area contributed by atoms with E-state index in [-0.39, 0.29) is 11.8 Å². The molecule has 6 heteroatoms. The van der Waals surface area contributed by atoms with E-state index < -0.39 is 0 Å². The number of carbonyl (C=O) groups excluding carboxylic acids is 1. The van der Waals surface area contributed by atoms with Gasteiger partial charge in [0.05, 0.1) is 19.7 Å². The maximum atomic E-state index is 13.1. The molecular weight excluding hydrogens is 424 g/mol. The van der Waals surface area contributed by atoms with Gasteiger partial charge in [-0.15, -0.1) is 0 Å². The van der Waals surface area contributed by atoms with Crippen molar-refractivity contribution in [3.63, 3.8) is 0 Å². The van der Waals surface area contributed by atoms with E-state index in [2.05, 4.69) is 81.7 Å². The fourth-order valence-electron chi connectivity index (χ4n) is 5.25. The molecule has 0 bridgehead atoms. The second-order valence-corrected chi connectivity index (χ2v) is 9.09. The Hall–Kier alpha value is -3.51. The van der Waals surface area contributed by atoms with Gasteiger partial charge in [-0.3, -0.25) is 9.69 Å². The van der Waals surface area contributed by atoms with Crippen molar-refractivity contribution >= 4 is 16.8 Å². The molecule has 2 atom stereocenters. The first-order valence-corrected chi connectivity index (χ1v) is 12.0. The molecule has 5 rings (SSSR count). The van der Waals surface area contributed by atoms with E-state index in [4.69, 9.17) is 4.74 Å². The van der Waals surface area contributed by atoms with E-state index >= 15 is 0 Å². The normalized spacial score (nSPS) is 17.2. The number of nitrogens with zero attached hydrogens (tertiary/aromatic N) is 2. The Balaban J connectivity index is 1.33. The molecular formula is C28H32N4O2. The van der Waals surface area contributed by atoms with Gasteiger partial charge in [0.15, 0.2) is 0 Å². The van der Waals surface area contributed by atoms with Crippen molar-refractivity contribution in [3.8, 4) is 5.75 Å². The molecule has 1 fully saturated rings. The van der Waals surface area contributed by atoms with Gasteiger partial charge in [-0.1, -0.05) is 30.3 Å². The molecule has 3 heterocycles. The molecule has 0 saturated carbocycles. The molecule has 2 aromatic heterocycles. The molecule has 1 amide bonds. The molecule has 34 heavy (non-hydrogen) atoms. The predicted octanol–water partition coefficient (Wildman–Crippen LogP) is 4.60. The highest BCUT2D eigenvalue weighted by molar-refractivity contribution is 5.84. The van der Waals surface area contributed by atoms with Crippen LogP contribution in [0, 0.1) is 0 Å². The van der Waals surface area contributed by atoms with Gasteiger partial charge in [0.25, 0.3) is 0 Å². The Morgan fingerprint density at radius 1 is 1.15 bits per heavy atom. The number of nitrogens with one attached hydrogen (secondary N) is 2. The van der Waals surface area contributed by atoms with Crippen LogP contribution in [0.15, 0.2) is 73.1 Å². The van der Waals surface area contributed by atoms with E-state index in [1.165, 1.54) is 16.6 Å². The summed E-state index contributed by atoms with van der Waals surface area (Å²) in [6, 6.07) is 21.0. The molecule has 1 aliphatic rings. The molecule has 2 N–H and O–H groups in total. The van der Waals surface area contributed by atoms with Gasteiger partial charge in [-0.05, 0) is 60.8 Å². The van der Waals surface area contributed by atoms with Crippen molar-refractivity contribution in [2.75, 3.05) is 26.7 Å². The summed E-state index contributed by atoms with van der Waals surface area (Å²) in [5.41, 5.74) is 4.71. The zero-order valence-electron chi connectivity index (χ0n) is 19.8. The molecule has 2 unspecified atom stereocenters. The molecule has 0 spiro atoms. The SMILES string of the molecule is COc1ccc(C(CNC(=O)CN2CCCC2c2cccn2C)c2c[nH]c3ccccc23)cc1. The lowest BCUT2D eigenvalue weighted by Crippen LogP contribution is -2.39. The van der Waals surface area contributed by atoms with Gasteiger partial charge in [0, 0.05) is 48.5 Å². The molecule has 4 aromatic rings. The first-order chi connectivity index (χ1) is 16.6. The Labute approximate surface area is 200 Å². The van der Waals surface area contributed by atoms with Crippen LogP contribution in [0.2, 0.25) is 0 Å². The van der Waals surface area contributed by atoms with Gasteiger partial charge < -0.3 is 19.6 Å². The van der Waals surface area contributed by atoms with Crippen LogP contribution < -0.4 is 10.1 Å². The van der Waals surface area contributed by atoms with E-state index in [0.717, 1.165) is 36.2 Å². The van der Waals surface area contributed by atoms with Crippen LogP contribution in [0.3, 0.4) is 0 Å². The number of rotatable bonds is 8. The molecule has 1 saturated heterocycles. The molecule has 1 aliphatic heterocycles. The molecule has 0 aliphatic carbocycles. The molecule has 2 aromatic carbocycles. The van der Waals surface area contributed by atoms with Gasteiger partial charge in [0.2, 0.25) is 5.91 Å². The summed E-state index contributed by atoms with van der Waals surface area (Å²) in [5, 5.41) is 4.42. The molecule has 6 nitrogen and oxygen atoms in total. The summed E-state index contributed by atoms with van der Waals surface area (Å²) < 4.78 is 7.51. The number of likely N-dealkylation sites (tertiary alicyclic amines) is 1. The molecule has 0 radical (unpaired) electrons. The number of methoxy groups -OCH3 is 1. The van der Waals surface area contributed by atoms with E-state index in [1.807, 2.05) is 18.2 Å². The van der Waals surface area contributed by atoms with Gasteiger partial charge >= 0.3 is 0 Å². The van der Waals surface area contributed by atoms with Crippen LogP contribution in [-0.2, 0) is 11.8 Å². The minimum absolute atomic E-state index is 0.0354. The van der Waals surface area contributed by atoms with Crippen molar-refractivity contribution in [2.24, 2.45) is 7.05 Å². The Bertz CT molecular complexity index is 1260. The lowest BCUT2D eigenvalue weighted by molar-refractivity contribution is -0.122. The molecule has 176 valence electrons. The monoisotopic (exact) mass is 456 g/mol. The summed E-state index contributed by atoms with van der Waals surface area (Å²) in [6.45, 7) is 1.91. The average Bonchev–Trinajstić information content (AvgIpc) is 3.60. The number of aromatic nitrogens is 2. The van der Waals surface area contributed by atoms with Crippen molar-refractivity contribution in [3.05, 3.63) is 89.9 Å². The summed E-state index contributed by atoms with van der Waals surface area (Å²) in [5.74, 6) is 0.930. The van der Waals surface area contributed by atoms with Crippen molar-refractivity contribution in [1.82, 2.24) is 19.8 Å². The maximum absolute atomic E-state index is 13.1. The second kappa shape index (κ2) is 9.77. The smallest absolute Gasteiger partial charge is 0.234 e. The lowest BCUT2D eigenvalue weighted by atomic mass is 9.90. The predicted molar refractivity (Wildman–Crippen MR) is 135 cm³/mol. The largest absolute Gasteiger partial charge is 0.497 e. The highest BCUT2D eigenvalue weighted by atomic mass is 16.5. The van der Waals surface area contributed by atoms with Crippen LogP contribution >= 0.6 is 0 Å². The number of fused-ring (bicyclic) bond motifs is 1. The zero-order chi connectivity index (χ0) is 23.5. The van der Waals surface area contributed by atoms with Crippen LogP contribution in [-0.4, -0.2) is 47.1 Å². The Kier molecular flexibility index (Phi) is 6.41. The number of H-pyrrole nitrogens is 1. The van der Waals surface area contributed by atoms with E-state index in [1.54, 1.807) is 7.11 Å². The third-order valence-corrected chi connectivity index (χ3v) is 7.05. The van der Waals surface area contributed by atoms with Crippen LogP contribution in [0.4, 0.5) is 0 Å². The van der Waals surface area contributed by atoms with E-state index in [9.17, 15) is 4.79 Å². The van der Waals surface area contributed by atoms with Crippen LogP contribution in [0.25, 0.3) is 10.9 Å². The van der Waals surface area contributed by atoms with Gasteiger partial charge in [0.1, 0.15) is 5.75 Å². The van der Waals surface area contributed by atoms with Crippen molar-refractivity contribution < 1.29 is 9.53 Å². The Morgan fingerprint density at radius 3 is 2.74 bits per heavy atom. The van der Waals surface area contributed by atoms with Gasteiger partial charge in [-0.2, -0.15) is 0 Å². The van der Waals surface area contributed by atoms with Crippen LogP contribution in [0.1, 0.15) is 41.6 Å². The highest BCUT2D eigenvalue weighted by Gasteiger charge is 2.29. The van der Waals surface area contributed by atoms with Crippen molar-refractivity contribution in [1.29, 1.82) is 0 Å². The first-order valence-electron chi connectivity index (χ1n) is 12.0. The second-order valence-electron chi connectivity index (χ2n) is 9.09. The zero-order valence-corrected chi connectivity index (χ0v) is 19.8. The number of aryl methyl sites for hydroxylation is 1. The summed E-state index contributed by atoms with van der Waals surface area (Å²) in [6.07, 6.45) is 6.35. The van der Waals surface area contributed by atoms with Gasteiger partial charge in [-0.25, -0.2) is 0 Å². The number of carbonyl (C=O) groups is 1. The summed E-state index contributed by atoms with van der Waals surface area (Å²) >= 11 is 0. The van der Waals surface area contributed by atoms with Crippen LogP contribution in [0.5, 0.6) is 5.75 Å². The average molecular weight is 457 g/mol. The minimum atomic E-state index is 0.0354. The third kappa shape index (κ3) is 4.46.